The molecular weight excluding hydrogens is 813 g/mol. The van der Waals surface area contributed by atoms with E-state index in [0.717, 1.165) is 36.4 Å². The lowest BCUT2D eigenvalue weighted by Crippen LogP contribution is -2.42. The molecule has 8 N–H and O–H groups in total. The van der Waals surface area contributed by atoms with Crippen LogP contribution in [0.3, 0.4) is 0 Å². The highest BCUT2D eigenvalue weighted by Gasteiger charge is 2.25. The maximum absolute atomic E-state index is 13.3. The number of phenolic OH excluding ortho intramolecular Hbond substituents is 2. The van der Waals surface area contributed by atoms with Gasteiger partial charge in [0.25, 0.3) is 40.3 Å². The lowest BCUT2D eigenvalue weighted by Gasteiger charge is -2.16. The summed E-state index contributed by atoms with van der Waals surface area (Å²) < 4.78 is 122. The van der Waals surface area contributed by atoms with Crippen molar-refractivity contribution in [3.8, 4) is 11.5 Å². The van der Waals surface area contributed by atoms with Gasteiger partial charge in [-0.2, -0.15) is 16.8 Å². The van der Waals surface area contributed by atoms with Crippen molar-refractivity contribution in [2.24, 2.45) is 0 Å². The molecule has 0 unspecified atom stereocenters. The zero-order valence-electron chi connectivity index (χ0n) is 28.8. The normalized spacial score (nSPS) is 12.4. The van der Waals surface area contributed by atoms with Gasteiger partial charge in [0.2, 0.25) is 0 Å². The summed E-state index contributed by atoms with van der Waals surface area (Å²) in [6, 6.07) is 18.2. The highest BCUT2D eigenvalue weighted by molar-refractivity contribution is 7.91. The van der Waals surface area contributed by atoms with Crippen LogP contribution >= 0.6 is 0 Å². The van der Waals surface area contributed by atoms with Gasteiger partial charge in [0.15, 0.2) is 0 Å². The summed E-state index contributed by atoms with van der Waals surface area (Å²) in [6.07, 6.45) is 0. The van der Waals surface area contributed by atoms with Gasteiger partial charge >= 0.3 is 6.03 Å². The first-order valence-corrected chi connectivity index (χ1v) is 21.7. The first kappa shape index (κ1) is 39.7. The molecule has 6 aromatic rings. The molecule has 0 fully saturated rings. The summed E-state index contributed by atoms with van der Waals surface area (Å²) in [4.78, 5) is 11.1. The number of sulfonamides is 2. The van der Waals surface area contributed by atoms with E-state index in [0.29, 0.717) is 32.7 Å². The quantitative estimate of drug-likeness (QED) is 0.0635. The highest BCUT2D eigenvalue weighted by atomic mass is 32.2. The van der Waals surface area contributed by atoms with E-state index in [1.807, 2.05) is 0 Å². The summed E-state index contributed by atoms with van der Waals surface area (Å²) in [7, 11) is -18.5. The van der Waals surface area contributed by atoms with Crippen LogP contribution in [0.15, 0.2) is 117 Å². The fourth-order valence-corrected chi connectivity index (χ4v) is 8.60. The van der Waals surface area contributed by atoms with Crippen molar-refractivity contribution in [2.45, 2.75) is 33.4 Å². The number of carbonyl (C=O) groups excluding carboxylic acids is 1. The van der Waals surface area contributed by atoms with Crippen LogP contribution in [0.1, 0.15) is 11.1 Å². The molecular formula is C35H30N4O13S4. The van der Waals surface area contributed by atoms with E-state index in [1.165, 1.54) is 60.7 Å². The Hall–Kier alpha value is -5.97. The van der Waals surface area contributed by atoms with Crippen molar-refractivity contribution in [2.75, 3.05) is 10.6 Å². The fraction of sp³-hybridized carbons (Fsp3) is 0.0571. The molecule has 21 heteroatoms. The SMILES string of the molecule is Cc1ccc(S(=O)(=O)NC(=O)NS(=O)(=O)c2ccc(C)c(Nc3c(O)ccc4cc(S(=O)(=O)O)ccc34)c2)cc1Nc1c(O)ccc2cc(S(=O)(=O)O)ccc12. The second kappa shape index (κ2) is 14.3. The van der Waals surface area contributed by atoms with Gasteiger partial charge in [0.05, 0.1) is 31.0 Å². The molecule has 2 amide bonds. The van der Waals surface area contributed by atoms with Crippen LogP contribution < -0.4 is 20.1 Å². The Labute approximate surface area is 320 Å². The van der Waals surface area contributed by atoms with Crippen molar-refractivity contribution < 1.29 is 57.8 Å². The van der Waals surface area contributed by atoms with Gasteiger partial charge in [0.1, 0.15) is 11.5 Å². The number of hydrogen-bond donors (Lipinski definition) is 8. The Kier molecular flexibility index (Phi) is 10.1. The van der Waals surface area contributed by atoms with Crippen LogP contribution in [-0.4, -0.2) is 59.0 Å². The number of urea groups is 1. The molecule has 0 heterocycles. The molecule has 6 rings (SSSR count). The molecule has 0 aliphatic heterocycles. The molecule has 0 aliphatic carbocycles. The monoisotopic (exact) mass is 842 g/mol. The van der Waals surface area contributed by atoms with Gasteiger partial charge in [-0.05, 0) is 96.4 Å². The number of carbonyl (C=O) groups is 1. The molecule has 0 spiro atoms. The summed E-state index contributed by atoms with van der Waals surface area (Å²) in [5.41, 5.74) is 1.35. The lowest BCUT2D eigenvalue weighted by atomic mass is 10.1. The largest absolute Gasteiger partial charge is 0.506 e. The Balaban J connectivity index is 1.22. The maximum Gasteiger partial charge on any atom is 0.342 e. The molecule has 0 saturated heterocycles. The summed E-state index contributed by atoms with van der Waals surface area (Å²) in [6.45, 7) is 3.21. The van der Waals surface area contributed by atoms with Gasteiger partial charge in [-0.3, -0.25) is 9.11 Å². The minimum absolute atomic E-state index is 0.0627. The van der Waals surface area contributed by atoms with E-state index in [9.17, 15) is 57.8 Å². The molecule has 0 saturated carbocycles. The molecule has 0 aromatic heterocycles. The molecule has 6 aromatic carbocycles. The number of nitrogens with one attached hydrogen (secondary N) is 4. The van der Waals surface area contributed by atoms with Crippen molar-refractivity contribution in [3.05, 3.63) is 108 Å². The summed E-state index contributed by atoms with van der Waals surface area (Å²) in [5.74, 6) is -0.574. The zero-order valence-corrected chi connectivity index (χ0v) is 32.1. The molecule has 0 radical (unpaired) electrons. The van der Waals surface area contributed by atoms with Crippen LogP contribution in [0.5, 0.6) is 11.5 Å². The minimum atomic E-state index is -4.73. The number of hydrogen-bond acceptors (Lipinski definition) is 13. The van der Waals surface area contributed by atoms with Crippen molar-refractivity contribution in [3.63, 3.8) is 0 Å². The molecule has 0 atom stereocenters. The highest BCUT2D eigenvalue weighted by Crippen LogP contribution is 2.38. The zero-order chi connectivity index (χ0) is 41.0. The van der Waals surface area contributed by atoms with Gasteiger partial charge in [0, 0.05) is 22.1 Å². The predicted octanol–water partition coefficient (Wildman–Crippen LogP) is 5.38. The van der Waals surface area contributed by atoms with E-state index in [2.05, 4.69) is 10.6 Å². The number of fused-ring (bicyclic) bond motifs is 2. The van der Waals surface area contributed by atoms with E-state index in [-0.39, 0.29) is 44.0 Å². The Morgan fingerprint density at radius 1 is 0.482 bits per heavy atom. The van der Waals surface area contributed by atoms with Crippen LogP contribution in [0.4, 0.5) is 27.5 Å². The number of phenols is 2. The molecule has 0 bridgehead atoms. The standard InChI is InChI=1S/C35H30N4O13S4/c1-19-3-7-23(17-29(19)36-33-27-11-9-25(55(47,48)49)15-21(27)5-13-31(33)40)53(43,44)38-35(42)39-54(45,46)24-8-4-20(2)30(18-24)37-34-28-12-10-26(56(50,51)52)16-22(28)6-14-32(34)41/h3-18,36-37,40-41H,1-2H3,(H2,38,39,42)(H,47,48,49)(H,50,51,52). The summed E-state index contributed by atoms with van der Waals surface area (Å²) in [5, 5.41) is 28.3. The Morgan fingerprint density at radius 2 is 0.839 bits per heavy atom. The number of benzene rings is 6. The van der Waals surface area contributed by atoms with E-state index in [4.69, 9.17) is 0 Å². The van der Waals surface area contributed by atoms with Gasteiger partial charge < -0.3 is 20.8 Å². The van der Waals surface area contributed by atoms with Crippen LogP contribution in [0.2, 0.25) is 0 Å². The minimum Gasteiger partial charge on any atom is -0.506 e. The van der Waals surface area contributed by atoms with Crippen molar-refractivity contribution >= 4 is 90.6 Å². The fourth-order valence-electron chi connectivity index (χ4n) is 5.63. The van der Waals surface area contributed by atoms with E-state index < -0.39 is 56.1 Å². The maximum atomic E-state index is 13.3. The Bertz CT molecular complexity index is 2880. The number of anilines is 4. The first-order chi connectivity index (χ1) is 26.0. The van der Waals surface area contributed by atoms with Gasteiger partial charge in [-0.25, -0.2) is 31.1 Å². The number of aryl methyl sites for hydroxylation is 2. The average molecular weight is 843 g/mol. The van der Waals surface area contributed by atoms with Crippen molar-refractivity contribution in [1.29, 1.82) is 0 Å². The third kappa shape index (κ3) is 8.17. The molecule has 56 heavy (non-hydrogen) atoms. The molecule has 0 aliphatic rings. The third-order valence-corrected chi connectivity index (χ3v) is 12.9. The number of rotatable bonds is 10. The average Bonchev–Trinajstić information content (AvgIpc) is 3.10. The van der Waals surface area contributed by atoms with E-state index >= 15 is 0 Å². The topological polar surface area (TPSA) is 283 Å². The van der Waals surface area contributed by atoms with E-state index in [1.54, 1.807) is 23.3 Å². The number of amides is 2. The molecule has 292 valence electrons. The van der Waals surface area contributed by atoms with Crippen LogP contribution in [0, 0.1) is 13.8 Å². The lowest BCUT2D eigenvalue weighted by molar-refractivity contribution is 0.250. The van der Waals surface area contributed by atoms with Gasteiger partial charge in [-0.15, -0.1) is 0 Å². The predicted molar refractivity (Wildman–Crippen MR) is 206 cm³/mol. The third-order valence-electron chi connectivity index (χ3n) is 8.55. The van der Waals surface area contributed by atoms with Gasteiger partial charge in [-0.1, -0.05) is 36.4 Å². The first-order valence-electron chi connectivity index (χ1n) is 15.8. The Morgan fingerprint density at radius 3 is 1.20 bits per heavy atom. The number of aromatic hydroxyl groups is 2. The second-order valence-corrected chi connectivity index (χ2v) is 18.6. The van der Waals surface area contributed by atoms with Crippen LogP contribution in [0.25, 0.3) is 21.5 Å². The van der Waals surface area contributed by atoms with Crippen LogP contribution in [-0.2, 0) is 40.3 Å². The summed E-state index contributed by atoms with van der Waals surface area (Å²) >= 11 is 0. The smallest absolute Gasteiger partial charge is 0.342 e. The molecule has 17 nitrogen and oxygen atoms in total. The second-order valence-electron chi connectivity index (χ2n) is 12.4. The van der Waals surface area contributed by atoms with Crippen molar-refractivity contribution in [1.82, 2.24) is 9.44 Å².